The molecule has 1 rings (SSSR count). The highest BCUT2D eigenvalue weighted by atomic mass is 16.5. The van der Waals surface area contributed by atoms with Gasteiger partial charge in [0.2, 0.25) is 5.88 Å². The first kappa shape index (κ1) is 15.7. The van der Waals surface area contributed by atoms with E-state index in [1.54, 1.807) is 0 Å². The minimum Gasteiger partial charge on any atom is -0.477 e. The summed E-state index contributed by atoms with van der Waals surface area (Å²) in [4.78, 5) is 11.1. The summed E-state index contributed by atoms with van der Waals surface area (Å²) in [6.45, 7) is 8.76. The molecule has 0 radical (unpaired) electrons. The number of hydrogen-bond donors (Lipinski definition) is 1. The van der Waals surface area contributed by atoms with Crippen LogP contribution in [0.4, 0.5) is 5.82 Å². The van der Waals surface area contributed by atoms with Crippen molar-refractivity contribution in [2.75, 3.05) is 39.1 Å². The zero-order valence-electron chi connectivity index (χ0n) is 12.7. The van der Waals surface area contributed by atoms with E-state index in [4.69, 9.17) is 4.74 Å². The fraction of sp³-hybridized carbons (Fsp3) is 0.714. The Kier molecular flexibility index (Phi) is 6.56. The van der Waals surface area contributed by atoms with Crippen LogP contribution < -0.4 is 10.1 Å². The second-order valence-corrected chi connectivity index (χ2v) is 5.14. The summed E-state index contributed by atoms with van der Waals surface area (Å²) in [7, 11) is 4.12. The molecule has 5 nitrogen and oxygen atoms in total. The van der Waals surface area contributed by atoms with Gasteiger partial charge in [0.1, 0.15) is 11.6 Å². The lowest BCUT2D eigenvalue weighted by Gasteiger charge is -2.13. The van der Waals surface area contributed by atoms with Crippen LogP contribution >= 0.6 is 0 Å². The highest BCUT2D eigenvalue weighted by Gasteiger charge is 2.08. The summed E-state index contributed by atoms with van der Waals surface area (Å²) >= 11 is 0. The first-order valence-corrected chi connectivity index (χ1v) is 6.93. The lowest BCUT2D eigenvalue weighted by molar-refractivity contribution is 0.272. The van der Waals surface area contributed by atoms with E-state index in [0.717, 1.165) is 31.2 Å². The van der Waals surface area contributed by atoms with E-state index in [1.165, 1.54) is 0 Å². The molecule has 0 amide bonds. The molecule has 1 N–H and O–H groups in total. The molecule has 0 aliphatic rings. The minimum atomic E-state index is 0.294. The van der Waals surface area contributed by atoms with E-state index in [9.17, 15) is 0 Å². The lowest BCUT2D eigenvalue weighted by atomic mass is 10.2. The molecule has 0 spiro atoms. The van der Waals surface area contributed by atoms with E-state index in [1.807, 2.05) is 6.07 Å². The van der Waals surface area contributed by atoms with Gasteiger partial charge in [-0.3, -0.25) is 0 Å². The van der Waals surface area contributed by atoms with Crippen molar-refractivity contribution in [1.29, 1.82) is 0 Å². The van der Waals surface area contributed by atoms with Gasteiger partial charge in [0.15, 0.2) is 0 Å². The zero-order valence-corrected chi connectivity index (χ0v) is 12.7. The Morgan fingerprint density at radius 3 is 2.63 bits per heavy atom. The molecule has 1 aromatic rings. The summed E-state index contributed by atoms with van der Waals surface area (Å²) < 4.78 is 5.72. The summed E-state index contributed by atoms with van der Waals surface area (Å²) in [6, 6.07) is 1.87. The first-order chi connectivity index (χ1) is 9.02. The predicted octanol–water partition coefficient (Wildman–Crippen LogP) is 2.36. The molecule has 108 valence electrons. The van der Waals surface area contributed by atoms with E-state index >= 15 is 0 Å². The third-order valence-corrected chi connectivity index (χ3v) is 2.59. The number of hydrogen-bond acceptors (Lipinski definition) is 5. The molecule has 19 heavy (non-hydrogen) atoms. The number of nitrogens with one attached hydrogen (secondary N) is 1. The van der Waals surface area contributed by atoms with Crippen LogP contribution in [0.15, 0.2) is 6.07 Å². The van der Waals surface area contributed by atoms with E-state index < -0.39 is 0 Å². The van der Waals surface area contributed by atoms with Crippen LogP contribution in [0, 0.1) is 0 Å². The molecule has 0 atom stereocenters. The Bertz CT molecular complexity index is 380. The van der Waals surface area contributed by atoms with Gasteiger partial charge < -0.3 is 15.0 Å². The molecular formula is C14H26N4O. The molecule has 0 saturated heterocycles. The van der Waals surface area contributed by atoms with Gasteiger partial charge in [-0.05, 0) is 27.4 Å². The summed E-state index contributed by atoms with van der Waals surface area (Å²) in [5.41, 5.74) is 0. The van der Waals surface area contributed by atoms with Crippen LogP contribution in [-0.4, -0.2) is 48.7 Å². The Hall–Kier alpha value is -1.36. The molecule has 1 heterocycles. The van der Waals surface area contributed by atoms with Gasteiger partial charge in [-0.2, -0.15) is 4.98 Å². The van der Waals surface area contributed by atoms with Crippen LogP contribution in [0.5, 0.6) is 5.88 Å². The Labute approximate surface area is 116 Å². The smallest absolute Gasteiger partial charge is 0.218 e. The van der Waals surface area contributed by atoms with Crippen molar-refractivity contribution in [2.45, 2.75) is 33.1 Å². The Balaban J connectivity index is 2.65. The average molecular weight is 266 g/mol. The van der Waals surface area contributed by atoms with Gasteiger partial charge in [0.05, 0.1) is 6.61 Å². The number of anilines is 1. The molecule has 0 unspecified atom stereocenters. The predicted molar refractivity (Wildman–Crippen MR) is 79.0 cm³/mol. The van der Waals surface area contributed by atoms with Crippen molar-refractivity contribution in [3.63, 3.8) is 0 Å². The maximum Gasteiger partial charge on any atom is 0.218 e. The maximum atomic E-state index is 5.72. The third-order valence-electron chi connectivity index (χ3n) is 2.59. The van der Waals surface area contributed by atoms with Crippen molar-refractivity contribution >= 4 is 5.82 Å². The van der Waals surface area contributed by atoms with Gasteiger partial charge in [0, 0.05) is 25.1 Å². The first-order valence-electron chi connectivity index (χ1n) is 6.93. The van der Waals surface area contributed by atoms with E-state index in [-0.39, 0.29) is 0 Å². The average Bonchev–Trinajstić information content (AvgIpc) is 2.34. The molecule has 0 aliphatic heterocycles. The van der Waals surface area contributed by atoms with Crippen molar-refractivity contribution in [1.82, 2.24) is 14.9 Å². The summed E-state index contributed by atoms with van der Waals surface area (Å²) in [6.07, 6.45) is 0.991. The second-order valence-electron chi connectivity index (χ2n) is 5.14. The fourth-order valence-electron chi connectivity index (χ4n) is 1.60. The van der Waals surface area contributed by atoms with E-state index in [0.29, 0.717) is 18.4 Å². The van der Waals surface area contributed by atoms with Gasteiger partial charge in [-0.25, -0.2) is 4.98 Å². The van der Waals surface area contributed by atoms with Gasteiger partial charge >= 0.3 is 0 Å². The van der Waals surface area contributed by atoms with Crippen molar-refractivity contribution < 1.29 is 4.74 Å². The zero-order chi connectivity index (χ0) is 14.3. The van der Waals surface area contributed by atoms with E-state index in [2.05, 4.69) is 55.1 Å². The topological polar surface area (TPSA) is 50.3 Å². The SMILES string of the molecule is CCNc1cc(OCCCN(C)C)nc(C(C)C)n1. The monoisotopic (exact) mass is 266 g/mol. The van der Waals surface area contributed by atoms with Gasteiger partial charge in [-0.15, -0.1) is 0 Å². The number of aromatic nitrogens is 2. The van der Waals surface area contributed by atoms with Gasteiger partial charge in [-0.1, -0.05) is 13.8 Å². The van der Waals surface area contributed by atoms with Crippen LogP contribution in [0.1, 0.15) is 38.9 Å². The quantitative estimate of drug-likeness (QED) is 0.732. The highest BCUT2D eigenvalue weighted by Crippen LogP contribution is 2.18. The molecule has 1 aromatic heterocycles. The maximum absolute atomic E-state index is 5.72. The molecular weight excluding hydrogens is 240 g/mol. The lowest BCUT2D eigenvalue weighted by Crippen LogP contribution is -2.16. The van der Waals surface area contributed by atoms with Crippen LogP contribution in [0.2, 0.25) is 0 Å². The normalized spacial score (nSPS) is 11.1. The third kappa shape index (κ3) is 5.87. The molecule has 0 aromatic carbocycles. The van der Waals surface area contributed by atoms with Gasteiger partial charge in [0.25, 0.3) is 0 Å². The van der Waals surface area contributed by atoms with Crippen molar-refractivity contribution in [3.05, 3.63) is 11.9 Å². The number of nitrogens with zero attached hydrogens (tertiary/aromatic N) is 3. The second kappa shape index (κ2) is 7.94. The van der Waals surface area contributed by atoms with Crippen LogP contribution in [0.3, 0.4) is 0 Å². The van der Waals surface area contributed by atoms with Crippen LogP contribution in [-0.2, 0) is 0 Å². The van der Waals surface area contributed by atoms with Crippen molar-refractivity contribution in [3.8, 4) is 5.88 Å². The molecule has 0 bridgehead atoms. The van der Waals surface area contributed by atoms with Crippen molar-refractivity contribution in [2.24, 2.45) is 0 Å². The standard InChI is InChI=1S/C14H26N4O/c1-6-15-12-10-13(17-14(16-12)11(2)3)19-9-7-8-18(4)5/h10-11H,6-9H2,1-5H3,(H,15,16,17). The number of ether oxygens (including phenoxy) is 1. The highest BCUT2D eigenvalue weighted by molar-refractivity contribution is 5.38. The Morgan fingerprint density at radius 2 is 2.05 bits per heavy atom. The molecule has 5 heteroatoms. The Morgan fingerprint density at radius 1 is 1.32 bits per heavy atom. The number of rotatable bonds is 8. The molecule has 0 aliphatic carbocycles. The molecule has 0 saturated carbocycles. The molecule has 0 fully saturated rings. The largest absolute Gasteiger partial charge is 0.477 e. The van der Waals surface area contributed by atoms with Crippen LogP contribution in [0.25, 0.3) is 0 Å². The summed E-state index contributed by atoms with van der Waals surface area (Å²) in [5.74, 6) is 2.61. The fourth-order valence-corrected chi connectivity index (χ4v) is 1.60. The summed E-state index contributed by atoms with van der Waals surface area (Å²) in [5, 5.41) is 3.21. The minimum absolute atomic E-state index is 0.294.